The molecule has 1 aliphatic rings. The minimum atomic E-state index is -0.462. The van der Waals surface area contributed by atoms with Crippen molar-refractivity contribution in [1.29, 1.82) is 0 Å². The van der Waals surface area contributed by atoms with E-state index in [0.29, 0.717) is 35.6 Å². The van der Waals surface area contributed by atoms with Crippen LogP contribution >= 0.6 is 0 Å². The lowest BCUT2D eigenvalue weighted by Gasteiger charge is -2.26. The van der Waals surface area contributed by atoms with Crippen LogP contribution in [-0.4, -0.2) is 51.6 Å². The molecule has 2 N–H and O–H groups in total. The van der Waals surface area contributed by atoms with E-state index >= 15 is 0 Å². The maximum Gasteiger partial charge on any atom is 0.258 e. The lowest BCUT2D eigenvalue weighted by Crippen LogP contribution is -2.26. The molecular weight excluding hydrogens is 414 g/mol. The second-order valence-electron chi connectivity index (χ2n) is 9.20. The summed E-state index contributed by atoms with van der Waals surface area (Å²) < 4.78 is 29.5. The number of aromatic nitrogens is 3. The van der Waals surface area contributed by atoms with Crippen molar-refractivity contribution in [3.05, 3.63) is 59.4 Å². The number of carbonyl (C=O) groups is 1. The van der Waals surface area contributed by atoms with Crippen LogP contribution in [0.2, 0.25) is 0 Å². The smallest absolute Gasteiger partial charge is 0.258 e. The van der Waals surface area contributed by atoms with Crippen LogP contribution in [0.5, 0.6) is 0 Å². The molecule has 1 saturated heterocycles. The molecule has 0 saturated carbocycles. The Hall–Kier alpha value is -3.07. The van der Waals surface area contributed by atoms with Crippen molar-refractivity contribution in [3.63, 3.8) is 0 Å². The van der Waals surface area contributed by atoms with Crippen molar-refractivity contribution in [1.82, 2.24) is 19.5 Å². The summed E-state index contributed by atoms with van der Waals surface area (Å²) in [6.07, 6.45) is 4.76. The van der Waals surface area contributed by atoms with Gasteiger partial charge in [0.05, 0.1) is 12.2 Å². The Balaban J connectivity index is 0.000000523. The zero-order valence-corrected chi connectivity index (χ0v) is 19.1. The van der Waals surface area contributed by atoms with Crippen molar-refractivity contribution < 1.29 is 13.6 Å². The Morgan fingerprint density at radius 1 is 1.22 bits per heavy atom. The number of nitrogens with zero attached hydrogens (tertiary/aromatic N) is 5. The molecule has 32 heavy (non-hydrogen) atoms. The molecule has 1 aromatic carbocycles. The molecule has 4 rings (SSSR count). The van der Waals surface area contributed by atoms with Gasteiger partial charge in [0.25, 0.3) is 5.91 Å². The highest BCUT2D eigenvalue weighted by Crippen LogP contribution is 2.36. The van der Waals surface area contributed by atoms with Gasteiger partial charge in [0, 0.05) is 37.9 Å². The standard InChI is InChI=1S/C19H19F2N5O.C4H11N/c1-24(2)19(27)14-11-22-26-9-7-17(23-18(14)26)25-8-3-4-16(25)13-10-12(20)5-6-15(13)21;1-4(2,3)5/h5-7,9-11,16H,3-4,8H2,1-2H3;5H2,1-3H3/t16-;/m1./s1. The van der Waals surface area contributed by atoms with E-state index in [2.05, 4.69) is 10.1 Å². The number of benzene rings is 1. The number of hydrogen-bond donors (Lipinski definition) is 1. The average molecular weight is 445 g/mol. The Bertz CT molecular complexity index is 1100. The van der Waals surface area contributed by atoms with Gasteiger partial charge in [-0.25, -0.2) is 18.3 Å². The molecule has 9 heteroatoms. The van der Waals surface area contributed by atoms with Gasteiger partial charge in [-0.2, -0.15) is 5.10 Å². The molecule has 3 heterocycles. The maximum atomic E-state index is 14.3. The van der Waals surface area contributed by atoms with E-state index in [1.54, 1.807) is 26.4 Å². The van der Waals surface area contributed by atoms with Crippen LogP contribution in [0.1, 0.15) is 55.6 Å². The number of carbonyl (C=O) groups excluding carboxylic acids is 1. The first-order chi connectivity index (χ1) is 15.0. The van der Waals surface area contributed by atoms with Crippen molar-refractivity contribution in [2.45, 2.75) is 45.2 Å². The quantitative estimate of drug-likeness (QED) is 0.665. The molecule has 172 valence electrons. The van der Waals surface area contributed by atoms with Crippen LogP contribution in [0.15, 0.2) is 36.7 Å². The van der Waals surface area contributed by atoms with Gasteiger partial charge in [-0.15, -0.1) is 0 Å². The third-order valence-corrected chi connectivity index (χ3v) is 4.86. The van der Waals surface area contributed by atoms with Crippen molar-refractivity contribution in [2.24, 2.45) is 5.73 Å². The molecule has 0 unspecified atom stereocenters. The SMILES string of the molecule is CC(C)(C)N.CN(C)C(=O)c1cnn2ccc(N3CCC[C@@H]3c3cc(F)ccc3F)nc12. The molecule has 1 atom stereocenters. The molecule has 0 radical (unpaired) electrons. The van der Waals surface area contributed by atoms with Crippen LogP contribution in [0, 0.1) is 11.6 Å². The average Bonchev–Trinajstić information content (AvgIpc) is 3.34. The molecule has 3 aromatic rings. The molecule has 1 aliphatic heterocycles. The molecule has 7 nitrogen and oxygen atoms in total. The summed E-state index contributed by atoms with van der Waals surface area (Å²) in [6.45, 7) is 6.57. The molecular formula is C23H30F2N6O. The molecule has 0 bridgehead atoms. The fourth-order valence-electron chi connectivity index (χ4n) is 3.55. The number of rotatable bonds is 3. The summed E-state index contributed by atoms with van der Waals surface area (Å²) in [4.78, 5) is 20.4. The van der Waals surface area contributed by atoms with Crippen LogP contribution in [-0.2, 0) is 0 Å². The third-order valence-electron chi connectivity index (χ3n) is 4.86. The highest BCUT2D eigenvalue weighted by molar-refractivity contribution is 5.99. The third kappa shape index (κ3) is 5.40. The van der Waals surface area contributed by atoms with E-state index in [1.807, 2.05) is 25.7 Å². The van der Waals surface area contributed by atoms with Gasteiger partial charge in [0.1, 0.15) is 23.0 Å². The van der Waals surface area contributed by atoms with Crippen LogP contribution in [0.3, 0.4) is 0 Å². The monoisotopic (exact) mass is 444 g/mol. The molecule has 0 aliphatic carbocycles. The lowest BCUT2D eigenvalue weighted by molar-refractivity contribution is 0.0829. The topological polar surface area (TPSA) is 79.8 Å². The van der Waals surface area contributed by atoms with E-state index < -0.39 is 11.6 Å². The van der Waals surface area contributed by atoms with Gasteiger partial charge in [0.2, 0.25) is 0 Å². The molecule has 1 fully saturated rings. The van der Waals surface area contributed by atoms with Crippen LogP contribution in [0.25, 0.3) is 5.65 Å². The Morgan fingerprint density at radius 3 is 2.56 bits per heavy atom. The lowest BCUT2D eigenvalue weighted by atomic mass is 10.0. The van der Waals surface area contributed by atoms with E-state index in [1.165, 1.54) is 21.7 Å². The number of fused-ring (bicyclic) bond motifs is 1. The summed E-state index contributed by atoms with van der Waals surface area (Å²) in [6, 6.07) is 5.00. The fraction of sp³-hybridized carbons (Fsp3) is 0.435. The Kier molecular flexibility index (Phi) is 6.78. The molecule has 0 spiro atoms. The summed E-state index contributed by atoms with van der Waals surface area (Å²) in [7, 11) is 3.33. The summed E-state index contributed by atoms with van der Waals surface area (Å²) in [5.74, 6) is -0.468. The zero-order valence-electron chi connectivity index (χ0n) is 19.1. The number of amides is 1. The first kappa shape index (κ1) is 23.6. The number of halogens is 2. The Labute approximate surface area is 186 Å². The number of anilines is 1. The van der Waals surface area contributed by atoms with E-state index in [-0.39, 0.29) is 17.5 Å². The second-order valence-corrected chi connectivity index (χ2v) is 9.20. The first-order valence-corrected chi connectivity index (χ1v) is 10.5. The summed E-state index contributed by atoms with van der Waals surface area (Å²) in [5, 5.41) is 4.17. The summed E-state index contributed by atoms with van der Waals surface area (Å²) >= 11 is 0. The fourth-order valence-corrected chi connectivity index (χ4v) is 3.55. The van der Waals surface area contributed by atoms with Gasteiger partial charge < -0.3 is 15.5 Å². The highest BCUT2D eigenvalue weighted by Gasteiger charge is 2.30. The van der Waals surface area contributed by atoms with Gasteiger partial charge in [-0.1, -0.05) is 0 Å². The van der Waals surface area contributed by atoms with Crippen LogP contribution < -0.4 is 10.6 Å². The van der Waals surface area contributed by atoms with Crippen LogP contribution in [0.4, 0.5) is 14.6 Å². The number of hydrogen-bond acceptors (Lipinski definition) is 5. The highest BCUT2D eigenvalue weighted by atomic mass is 19.1. The largest absolute Gasteiger partial charge is 0.349 e. The minimum absolute atomic E-state index is 0. The Morgan fingerprint density at radius 2 is 1.91 bits per heavy atom. The van der Waals surface area contributed by atoms with E-state index in [0.717, 1.165) is 18.6 Å². The van der Waals surface area contributed by atoms with Gasteiger partial charge in [0.15, 0.2) is 5.65 Å². The second kappa shape index (κ2) is 9.20. The van der Waals surface area contributed by atoms with Gasteiger partial charge in [-0.05, 0) is 57.9 Å². The summed E-state index contributed by atoms with van der Waals surface area (Å²) in [5.41, 5.74) is 6.52. The van der Waals surface area contributed by atoms with Crippen molar-refractivity contribution >= 4 is 17.4 Å². The molecule has 2 aromatic heterocycles. The maximum absolute atomic E-state index is 14.3. The van der Waals surface area contributed by atoms with Gasteiger partial charge in [-0.3, -0.25) is 4.79 Å². The van der Waals surface area contributed by atoms with Crippen molar-refractivity contribution in [3.8, 4) is 0 Å². The predicted octanol–water partition coefficient (Wildman–Crippen LogP) is 3.79. The van der Waals surface area contributed by atoms with E-state index in [4.69, 9.17) is 5.73 Å². The predicted molar refractivity (Wildman–Crippen MR) is 121 cm³/mol. The number of nitrogens with two attached hydrogens (primary N) is 1. The van der Waals surface area contributed by atoms with Crippen molar-refractivity contribution in [2.75, 3.05) is 25.5 Å². The first-order valence-electron chi connectivity index (χ1n) is 10.5. The normalized spacial score (nSPS) is 16.1. The van der Waals surface area contributed by atoms with Gasteiger partial charge >= 0.3 is 0 Å². The van der Waals surface area contributed by atoms with E-state index in [9.17, 15) is 13.6 Å². The zero-order chi connectivity index (χ0) is 23.6. The minimum Gasteiger partial charge on any atom is -0.349 e. The molecule has 1 amide bonds.